The van der Waals surface area contributed by atoms with E-state index < -0.39 is 0 Å². The number of anilines is 1. The second-order valence-electron chi connectivity index (χ2n) is 5.34. The summed E-state index contributed by atoms with van der Waals surface area (Å²) < 4.78 is 0. The summed E-state index contributed by atoms with van der Waals surface area (Å²) in [6, 6.07) is 0.153. The van der Waals surface area contributed by atoms with Crippen molar-refractivity contribution in [2.24, 2.45) is 0 Å². The van der Waals surface area contributed by atoms with Crippen molar-refractivity contribution < 1.29 is 4.79 Å². The molecule has 0 radical (unpaired) electrons. The van der Waals surface area contributed by atoms with Crippen molar-refractivity contribution in [2.45, 2.75) is 39.2 Å². The number of thiophene rings is 1. The fraction of sp³-hybridized carbons (Fsp3) is 0.500. The lowest BCUT2D eigenvalue weighted by molar-refractivity contribution is -0.119. The number of rotatable bonds is 4. The lowest BCUT2D eigenvalue weighted by atomic mass is 10.2. The summed E-state index contributed by atoms with van der Waals surface area (Å²) in [6.07, 6.45) is 5.01. The molecule has 1 aliphatic rings. The molecule has 0 saturated heterocycles. The Balaban J connectivity index is 1.83. The van der Waals surface area contributed by atoms with Gasteiger partial charge in [0.2, 0.25) is 5.91 Å². The maximum Gasteiger partial charge on any atom is 0.239 e. The third-order valence-corrected chi connectivity index (χ3v) is 4.57. The van der Waals surface area contributed by atoms with Gasteiger partial charge in [0.25, 0.3) is 0 Å². The predicted octanol–water partition coefficient (Wildman–Crippen LogP) is 2.12. The molecular weight excluding hydrogens is 272 g/mol. The van der Waals surface area contributed by atoms with Gasteiger partial charge in [0.1, 0.15) is 17.0 Å². The van der Waals surface area contributed by atoms with Crippen molar-refractivity contribution in [3.05, 3.63) is 16.8 Å². The Bertz CT molecular complexity index is 650. The zero-order chi connectivity index (χ0) is 14.1. The van der Waals surface area contributed by atoms with Crippen LogP contribution >= 0.6 is 11.3 Å². The molecule has 2 N–H and O–H groups in total. The molecule has 20 heavy (non-hydrogen) atoms. The molecule has 1 amide bonds. The largest absolute Gasteiger partial charge is 0.360 e. The zero-order valence-electron chi connectivity index (χ0n) is 11.7. The van der Waals surface area contributed by atoms with Gasteiger partial charge in [0.15, 0.2) is 0 Å². The zero-order valence-corrected chi connectivity index (χ0v) is 12.5. The maximum atomic E-state index is 11.7. The quantitative estimate of drug-likeness (QED) is 0.905. The molecule has 0 fully saturated rings. The highest BCUT2D eigenvalue weighted by molar-refractivity contribution is 7.19. The van der Waals surface area contributed by atoms with Crippen LogP contribution in [-0.2, 0) is 17.6 Å². The molecule has 2 aromatic rings. The van der Waals surface area contributed by atoms with E-state index in [0.717, 1.165) is 28.9 Å². The van der Waals surface area contributed by atoms with Gasteiger partial charge in [0.05, 0.1) is 11.9 Å². The molecule has 2 heterocycles. The van der Waals surface area contributed by atoms with E-state index in [2.05, 4.69) is 20.6 Å². The fourth-order valence-electron chi connectivity index (χ4n) is 2.60. The molecular formula is C14H18N4OS. The Hall–Kier alpha value is -1.69. The Morgan fingerprint density at radius 3 is 3.05 bits per heavy atom. The van der Waals surface area contributed by atoms with E-state index >= 15 is 0 Å². The number of hydrogen-bond donors (Lipinski definition) is 2. The summed E-state index contributed by atoms with van der Waals surface area (Å²) >= 11 is 1.75. The van der Waals surface area contributed by atoms with E-state index in [4.69, 9.17) is 0 Å². The summed E-state index contributed by atoms with van der Waals surface area (Å²) in [6.45, 7) is 4.15. The summed E-state index contributed by atoms with van der Waals surface area (Å²) in [4.78, 5) is 22.8. The van der Waals surface area contributed by atoms with Gasteiger partial charge in [-0.1, -0.05) is 0 Å². The highest BCUT2D eigenvalue weighted by Crippen LogP contribution is 2.38. The number of fused-ring (bicyclic) bond motifs is 3. The van der Waals surface area contributed by atoms with Crippen LogP contribution in [0.4, 0.5) is 5.82 Å². The average Bonchev–Trinajstić information content (AvgIpc) is 2.95. The normalized spacial score (nSPS) is 13.8. The van der Waals surface area contributed by atoms with Crippen LogP contribution in [-0.4, -0.2) is 28.5 Å². The number of nitrogens with one attached hydrogen (secondary N) is 2. The molecule has 106 valence electrons. The highest BCUT2D eigenvalue weighted by atomic mass is 32.1. The van der Waals surface area contributed by atoms with Crippen LogP contribution in [0.1, 0.15) is 30.7 Å². The first kappa shape index (κ1) is 13.3. The minimum Gasteiger partial charge on any atom is -0.360 e. The Morgan fingerprint density at radius 2 is 2.25 bits per heavy atom. The second-order valence-corrected chi connectivity index (χ2v) is 6.42. The molecule has 1 aliphatic carbocycles. The van der Waals surface area contributed by atoms with Crippen LogP contribution in [0.15, 0.2) is 6.33 Å². The SMILES string of the molecule is CC(C)NC(=O)CNc1ncnc2sc3c(c12)CCC3. The number of aromatic nitrogens is 2. The molecule has 2 aromatic heterocycles. The van der Waals surface area contributed by atoms with Gasteiger partial charge in [-0.15, -0.1) is 11.3 Å². The number of carbonyl (C=O) groups is 1. The molecule has 0 unspecified atom stereocenters. The van der Waals surface area contributed by atoms with Gasteiger partial charge < -0.3 is 10.6 Å². The van der Waals surface area contributed by atoms with Crippen LogP contribution < -0.4 is 10.6 Å². The van der Waals surface area contributed by atoms with Crippen LogP contribution in [0, 0.1) is 0 Å². The molecule has 0 bridgehead atoms. The van der Waals surface area contributed by atoms with Gasteiger partial charge >= 0.3 is 0 Å². The van der Waals surface area contributed by atoms with Gasteiger partial charge in [-0.05, 0) is 38.7 Å². The number of hydrogen-bond acceptors (Lipinski definition) is 5. The van der Waals surface area contributed by atoms with Gasteiger partial charge in [0, 0.05) is 10.9 Å². The highest BCUT2D eigenvalue weighted by Gasteiger charge is 2.21. The maximum absolute atomic E-state index is 11.7. The predicted molar refractivity (Wildman–Crippen MR) is 81.2 cm³/mol. The fourth-order valence-corrected chi connectivity index (χ4v) is 3.83. The molecule has 0 aromatic carbocycles. The molecule has 3 rings (SSSR count). The molecule has 0 atom stereocenters. The number of carbonyl (C=O) groups excluding carboxylic acids is 1. The van der Waals surface area contributed by atoms with Crippen molar-refractivity contribution in [3.8, 4) is 0 Å². The number of amides is 1. The molecule has 0 aliphatic heterocycles. The van der Waals surface area contributed by atoms with Crippen LogP contribution in [0.3, 0.4) is 0 Å². The van der Waals surface area contributed by atoms with Gasteiger partial charge in [-0.2, -0.15) is 0 Å². The van der Waals surface area contributed by atoms with E-state index in [0.29, 0.717) is 0 Å². The van der Waals surface area contributed by atoms with Crippen molar-refractivity contribution in [2.75, 3.05) is 11.9 Å². The summed E-state index contributed by atoms with van der Waals surface area (Å²) in [5.74, 6) is 0.770. The first-order valence-corrected chi connectivity index (χ1v) is 7.75. The van der Waals surface area contributed by atoms with E-state index in [1.54, 1.807) is 17.7 Å². The Morgan fingerprint density at radius 1 is 1.40 bits per heavy atom. The first-order valence-electron chi connectivity index (χ1n) is 6.93. The lowest BCUT2D eigenvalue weighted by Gasteiger charge is -2.10. The Labute approximate surface area is 121 Å². The van der Waals surface area contributed by atoms with Crippen molar-refractivity contribution in [1.29, 1.82) is 0 Å². The average molecular weight is 290 g/mol. The standard InChI is InChI=1S/C14H18N4OS/c1-8(2)18-11(19)6-15-13-12-9-4-3-5-10(9)20-14(12)17-7-16-13/h7-8H,3-6H2,1-2H3,(H,18,19)(H,15,16,17). The Kier molecular flexibility index (Phi) is 3.56. The number of nitrogens with zero attached hydrogens (tertiary/aromatic N) is 2. The van der Waals surface area contributed by atoms with E-state index in [1.807, 2.05) is 13.8 Å². The molecule has 0 spiro atoms. The monoisotopic (exact) mass is 290 g/mol. The summed E-state index contributed by atoms with van der Waals surface area (Å²) in [5.41, 5.74) is 1.37. The van der Waals surface area contributed by atoms with Crippen molar-refractivity contribution in [3.63, 3.8) is 0 Å². The second kappa shape index (κ2) is 5.36. The number of aryl methyl sites for hydroxylation is 2. The van der Waals surface area contributed by atoms with Crippen molar-refractivity contribution >= 4 is 33.3 Å². The molecule has 0 saturated carbocycles. The van der Waals surface area contributed by atoms with E-state index in [1.165, 1.54) is 16.9 Å². The topological polar surface area (TPSA) is 66.9 Å². The first-order chi connectivity index (χ1) is 9.65. The van der Waals surface area contributed by atoms with Crippen LogP contribution in [0.5, 0.6) is 0 Å². The minimum absolute atomic E-state index is 0.0152. The molecule has 5 nitrogen and oxygen atoms in total. The lowest BCUT2D eigenvalue weighted by Crippen LogP contribution is -2.35. The van der Waals surface area contributed by atoms with Crippen molar-refractivity contribution in [1.82, 2.24) is 15.3 Å². The van der Waals surface area contributed by atoms with Gasteiger partial charge in [-0.25, -0.2) is 9.97 Å². The van der Waals surface area contributed by atoms with Crippen LogP contribution in [0.2, 0.25) is 0 Å². The molecule has 6 heteroatoms. The third kappa shape index (κ3) is 2.47. The van der Waals surface area contributed by atoms with Crippen LogP contribution in [0.25, 0.3) is 10.2 Å². The van der Waals surface area contributed by atoms with E-state index in [9.17, 15) is 4.79 Å². The third-order valence-electron chi connectivity index (χ3n) is 3.37. The minimum atomic E-state index is -0.0152. The summed E-state index contributed by atoms with van der Waals surface area (Å²) in [7, 11) is 0. The smallest absolute Gasteiger partial charge is 0.239 e. The summed E-state index contributed by atoms with van der Waals surface area (Å²) in [5, 5.41) is 7.13. The van der Waals surface area contributed by atoms with E-state index in [-0.39, 0.29) is 18.5 Å². The van der Waals surface area contributed by atoms with Gasteiger partial charge in [-0.3, -0.25) is 4.79 Å².